The predicted molar refractivity (Wildman–Crippen MR) is 92.5 cm³/mol. The number of benzene rings is 1. The molecule has 0 radical (unpaired) electrons. The minimum absolute atomic E-state index is 0.381. The van der Waals surface area contributed by atoms with Crippen LogP contribution in [0, 0.1) is 11.3 Å². The van der Waals surface area contributed by atoms with Crippen LogP contribution in [-0.4, -0.2) is 11.1 Å². The molecule has 0 unspecified atom stereocenters. The van der Waals surface area contributed by atoms with E-state index < -0.39 is 0 Å². The Morgan fingerprint density at radius 2 is 1.90 bits per heavy atom. The van der Waals surface area contributed by atoms with E-state index in [2.05, 4.69) is 42.0 Å². The van der Waals surface area contributed by atoms with Crippen LogP contribution in [0.25, 0.3) is 0 Å². The Balaban J connectivity index is 1.83. The smallest absolute Gasteiger partial charge is 0.120 e. The lowest BCUT2D eigenvalue weighted by Gasteiger charge is -2.39. The third-order valence-corrected chi connectivity index (χ3v) is 5.86. The zero-order valence-electron chi connectivity index (χ0n) is 13.5. The summed E-state index contributed by atoms with van der Waals surface area (Å²) in [6.45, 7) is 7.87. The Bertz CT molecular complexity index is 464. The average molecular weight is 354 g/mol. The highest BCUT2D eigenvalue weighted by Gasteiger charge is 2.31. The number of aromatic hydroxyl groups is 1. The highest BCUT2D eigenvalue weighted by molar-refractivity contribution is 9.10. The van der Waals surface area contributed by atoms with Crippen molar-refractivity contribution in [1.29, 1.82) is 0 Å². The van der Waals surface area contributed by atoms with Gasteiger partial charge in [-0.05, 0) is 55.2 Å². The van der Waals surface area contributed by atoms with Crippen molar-refractivity contribution in [2.45, 2.75) is 65.5 Å². The first-order valence-electron chi connectivity index (χ1n) is 8.13. The fourth-order valence-corrected chi connectivity index (χ4v) is 3.73. The van der Waals surface area contributed by atoms with Gasteiger partial charge in [0.1, 0.15) is 5.75 Å². The zero-order valence-corrected chi connectivity index (χ0v) is 15.0. The predicted octanol–water partition coefficient (Wildman–Crippen LogP) is 5.24. The zero-order chi connectivity index (χ0) is 15.5. The molecule has 1 aromatic rings. The molecule has 1 saturated carbocycles. The van der Waals surface area contributed by atoms with E-state index in [4.69, 9.17) is 0 Å². The standard InChI is InChI=1S/C18H28BrNO/c1-4-18(2,3)14-5-8-16(9-6-14)20-12-13-11-15(19)7-10-17(13)21/h7,10-11,14,16,20-21H,4-6,8-9,12H2,1-3H3. The average Bonchev–Trinajstić information content (AvgIpc) is 2.48. The maximum Gasteiger partial charge on any atom is 0.120 e. The van der Waals surface area contributed by atoms with E-state index in [1.807, 2.05) is 12.1 Å². The van der Waals surface area contributed by atoms with Crippen molar-refractivity contribution in [3.8, 4) is 5.75 Å². The highest BCUT2D eigenvalue weighted by Crippen LogP contribution is 2.40. The molecule has 1 aromatic carbocycles. The van der Waals surface area contributed by atoms with E-state index in [0.29, 0.717) is 17.2 Å². The quantitative estimate of drug-likeness (QED) is 0.758. The van der Waals surface area contributed by atoms with E-state index in [0.717, 1.165) is 22.5 Å². The van der Waals surface area contributed by atoms with Crippen LogP contribution in [0.5, 0.6) is 5.75 Å². The molecular formula is C18H28BrNO. The number of rotatable bonds is 5. The fraction of sp³-hybridized carbons (Fsp3) is 0.667. The summed E-state index contributed by atoms with van der Waals surface area (Å²) >= 11 is 3.46. The fourth-order valence-electron chi connectivity index (χ4n) is 3.32. The Kier molecular flexibility index (Phi) is 5.73. The van der Waals surface area contributed by atoms with Gasteiger partial charge in [0.15, 0.2) is 0 Å². The van der Waals surface area contributed by atoms with Gasteiger partial charge in [-0.25, -0.2) is 0 Å². The first kappa shape index (κ1) is 16.8. The van der Waals surface area contributed by atoms with Crippen LogP contribution in [0.15, 0.2) is 22.7 Å². The van der Waals surface area contributed by atoms with E-state index in [1.54, 1.807) is 6.07 Å². The largest absolute Gasteiger partial charge is 0.508 e. The normalized spacial score (nSPS) is 23.2. The van der Waals surface area contributed by atoms with E-state index in [9.17, 15) is 5.11 Å². The van der Waals surface area contributed by atoms with Crippen LogP contribution in [0.1, 0.15) is 58.4 Å². The lowest BCUT2D eigenvalue weighted by molar-refractivity contribution is 0.136. The molecule has 0 atom stereocenters. The molecule has 2 N–H and O–H groups in total. The van der Waals surface area contributed by atoms with Crippen LogP contribution in [0.2, 0.25) is 0 Å². The van der Waals surface area contributed by atoms with Crippen LogP contribution in [0.4, 0.5) is 0 Å². The van der Waals surface area contributed by atoms with Gasteiger partial charge < -0.3 is 10.4 Å². The molecule has 0 spiro atoms. The molecule has 3 heteroatoms. The van der Waals surface area contributed by atoms with Crippen molar-refractivity contribution in [1.82, 2.24) is 5.32 Å². The summed E-state index contributed by atoms with van der Waals surface area (Å²) in [6.07, 6.45) is 6.42. The minimum atomic E-state index is 0.381. The summed E-state index contributed by atoms with van der Waals surface area (Å²) in [7, 11) is 0. The topological polar surface area (TPSA) is 32.3 Å². The SMILES string of the molecule is CCC(C)(C)C1CCC(NCc2cc(Br)ccc2O)CC1. The van der Waals surface area contributed by atoms with Gasteiger partial charge in [-0.2, -0.15) is 0 Å². The molecular weight excluding hydrogens is 326 g/mol. The molecule has 0 aliphatic heterocycles. The molecule has 118 valence electrons. The minimum Gasteiger partial charge on any atom is -0.508 e. The number of phenols is 1. The molecule has 2 rings (SSSR count). The summed E-state index contributed by atoms with van der Waals surface area (Å²) < 4.78 is 1.02. The van der Waals surface area contributed by atoms with Crippen molar-refractivity contribution in [3.05, 3.63) is 28.2 Å². The summed E-state index contributed by atoms with van der Waals surface area (Å²) in [4.78, 5) is 0. The van der Waals surface area contributed by atoms with Gasteiger partial charge in [0.25, 0.3) is 0 Å². The molecule has 0 heterocycles. The summed E-state index contributed by atoms with van der Waals surface area (Å²) in [5.41, 5.74) is 1.45. The lowest BCUT2D eigenvalue weighted by Crippen LogP contribution is -2.36. The van der Waals surface area contributed by atoms with Gasteiger partial charge >= 0.3 is 0 Å². The van der Waals surface area contributed by atoms with Gasteiger partial charge in [-0.3, -0.25) is 0 Å². The molecule has 1 fully saturated rings. The summed E-state index contributed by atoms with van der Waals surface area (Å²) in [5, 5.41) is 13.5. The molecule has 0 aromatic heterocycles. The molecule has 21 heavy (non-hydrogen) atoms. The van der Waals surface area contributed by atoms with Crippen molar-refractivity contribution < 1.29 is 5.11 Å². The molecule has 0 amide bonds. The first-order chi connectivity index (χ1) is 9.92. The van der Waals surface area contributed by atoms with Crippen molar-refractivity contribution in [3.63, 3.8) is 0 Å². The number of hydrogen-bond acceptors (Lipinski definition) is 2. The third-order valence-electron chi connectivity index (χ3n) is 5.37. The number of phenolic OH excluding ortho intramolecular Hbond substituents is 1. The highest BCUT2D eigenvalue weighted by atomic mass is 79.9. The third kappa shape index (κ3) is 4.46. The van der Waals surface area contributed by atoms with Gasteiger partial charge in [0.2, 0.25) is 0 Å². The van der Waals surface area contributed by atoms with Gasteiger partial charge in [0, 0.05) is 22.6 Å². The van der Waals surface area contributed by atoms with Gasteiger partial charge in [-0.15, -0.1) is 0 Å². The van der Waals surface area contributed by atoms with Crippen LogP contribution >= 0.6 is 15.9 Å². The maximum atomic E-state index is 9.88. The summed E-state index contributed by atoms with van der Waals surface area (Å²) in [5.74, 6) is 1.24. The van der Waals surface area contributed by atoms with Crippen molar-refractivity contribution >= 4 is 15.9 Å². The lowest BCUT2D eigenvalue weighted by atomic mass is 9.69. The van der Waals surface area contributed by atoms with Crippen LogP contribution < -0.4 is 5.32 Å². The Labute approximate surface area is 137 Å². The second kappa shape index (κ2) is 7.15. The van der Waals surface area contributed by atoms with E-state index in [-0.39, 0.29) is 0 Å². The number of halogens is 1. The molecule has 2 nitrogen and oxygen atoms in total. The Hall–Kier alpha value is -0.540. The monoisotopic (exact) mass is 353 g/mol. The van der Waals surface area contributed by atoms with Crippen molar-refractivity contribution in [2.24, 2.45) is 11.3 Å². The Morgan fingerprint density at radius 3 is 2.52 bits per heavy atom. The van der Waals surface area contributed by atoms with Gasteiger partial charge in [-0.1, -0.05) is 43.1 Å². The second-order valence-corrected chi connectivity index (χ2v) is 7.96. The van der Waals surface area contributed by atoms with Gasteiger partial charge in [0.05, 0.1) is 0 Å². The van der Waals surface area contributed by atoms with Crippen molar-refractivity contribution in [2.75, 3.05) is 0 Å². The molecule has 0 bridgehead atoms. The first-order valence-corrected chi connectivity index (χ1v) is 8.92. The molecule has 1 aliphatic carbocycles. The second-order valence-electron chi connectivity index (χ2n) is 7.04. The molecule has 1 aliphatic rings. The Morgan fingerprint density at radius 1 is 1.24 bits per heavy atom. The number of hydrogen-bond donors (Lipinski definition) is 2. The number of nitrogens with one attached hydrogen (secondary N) is 1. The van der Waals surface area contributed by atoms with E-state index in [1.165, 1.54) is 32.1 Å². The summed E-state index contributed by atoms with van der Waals surface area (Å²) in [6, 6.07) is 6.21. The van der Waals surface area contributed by atoms with Crippen LogP contribution in [0.3, 0.4) is 0 Å². The van der Waals surface area contributed by atoms with Crippen LogP contribution in [-0.2, 0) is 6.54 Å². The molecule has 0 saturated heterocycles. The maximum absolute atomic E-state index is 9.88. The van der Waals surface area contributed by atoms with E-state index >= 15 is 0 Å².